The minimum absolute atomic E-state index is 0.0660. The molecule has 6 heteroatoms. The van der Waals surface area contributed by atoms with E-state index in [1.807, 2.05) is 59.5 Å². The summed E-state index contributed by atoms with van der Waals surface area (Å²) >= 11 is 6.33. The Bertz CT molecular complexity index is 1090. The zero-order valence-electron chi connectivity index (χ0n) is 16.9. The Labute approximate surface area is 186 Å². The van der Waals surface area contributed by atoms with Crippen molar-refractivity contribution in [3.8, 4) is 5.75 Å². The Morgan fingerprint density at radius 2 is 1.65 bits per heavy atom. The zero-order chi connectivity index (χ0) is 21.4. The van der Waals surface area contributed by atoms with Crippen LogP contribution in [0.1, 0.15) is 28.8 Å². The van der Waals surface area contributed by atoms with Crippen LogP contribution in [0.4, 0.5) is 0 Å². The third-order valence-corrected chi connectivity index (χ3v) is 6.59. The Balaban J connectivity index is 1.52. The number of aromatic hydroxyl groups is 1. The summed E-state index contributed by atoms with van der Waals surface area (Å²) in [7, 11) is 0. The van der Waals surface area contributed by atoms with Crippen molar-refractivity contribution in [3.05, 3.63) is 101 Å². The van der Waals surface area contributed by atoms with Crippen molar-refractivity contribution in [1.82, 2.24) is 15.8 Å². The minimum atomic E-state index is -0.371. The lowest BCUT2D eigenvalue weighted by molar-refractivity contribution is -0.130. The molecule has 0 radical (unpaired) electrons. The van der Waals surface area contributed by atoms with Crippen LogP contribution in [0.15, 0.2) is 78.9 Å². The fraction of sp³-hybridized carbons (Fsp3) is 0.240. The molecular weight excluding hydrogens is 410 g/mol. The molecule has 31 heavy (non-hydrogen) atoms. The van der Waals surface area contributed by atoms with E-state index in [-0.39, 0.29) is 35.7 Å². The van der Waals surface area contributed by atoms with Crippen molar-refractivity contribution in [2.24, 2.45) is 5.92 Å². The molecule has 4 unspecified atom stereocenters. The predicted molar refractivity (Wildman–Crippen MR) is 120 cm³/mol. The van der Waals surface area contributed by atoms with E-state index in [1.54, 1.807) is 12.1 Å². The molecule has 3 aromatic rings. The molecule has 4 atom stereocenters. The number of nitrogens with one attached hydrogen (secondary N) is 2. The van der Waals surface area contributed by atoms with Gasteiger partial charge in [-0.2, -0.15) is 0 Å². The van der Waals surface area contributed by atoms with E-state index in [0.717, 1.165) is 17.5 Å². The number of fused-ring (bicyclic) bond motifs is 1. The topological polar surface area (TPSA) is 64.6 Å². The number of likely N-dealkylation sites (tertiary alicyclic amines) is 1. The molecule has 0 spiro atoms. The van der Waals surface area contributed by atoms with E-state index >= 15 is 0 Å². The number of halogens is 1. The fourth-order valence-corrected chi connectivity index (χ4v) is 5.15. The number of amides is 1. The maximum Gasteiger partial charge on any atom is 0.242 e. The van der Waals surface area contributed by atoms with Crippen molar-refractivity contribution in [2.75, 3.05) is 6.54 Å². The molecular formula is C25H24ClN3O2. The lowest BCUT2D eigenvalue weighted by atomic mass is 9.83. The molecule has 2 fully saturated rings. The van der Waals surface area contributed by atoms with E-state index in [0.29, 0.717) is 11.6 Å². The van der Waals surface area contributed by atoms with Gasteiger partial charge in [0.15, 0.2) is 0 Å². The maximum absolute atomic E-state index is 13.5. The molecule has 2 saturated heterocycles. The van der Waals surface area contributed by atoms with E-state index < -0.39 is 0 Å². The zero-order valence-corrected chi connectivity index (χ0v) is 17.7. The molecule has 5 nitrogen and oxygen atoms in total. The normalized spacial score (nSPS) is 25.1. The quantitative estimate of drug-likeness (QED) is 0.569. The van der Waals surface area contributed by atoms with Gasteiger partial charge in [-0.15, -0.1) is 0 Å². The van der Waals surface area contributed by atoms with Gasteiger partial charge in [-0.05, 0) is 35.7 Å². The Morgan fingerprint density at radius 3 is 2.42 bits per heavy atom. The van der Waals surface area contributed by atoms with Crippen LogP contribution in [0.3, 0.4) is 0 Å². The second-order valence-corrected chi connectivity index (χ2v) is 8.58. The SMILES string of the molecule is O=C1C2NNC(c3ccccc3O)C2C(c2cccc(Cl)c2)N1CCc1ccccc1. The molecule has 2 aliphatic rings. The largest absolute Gasteiger partial charge is 0.508 e. The summed E-state index contributed by atoms with van der Waals surface area (Å²) in [4.78, 5) is 15.4. The van der Waals surface area contributed by atoms with Crippen molar-refractivity contribution in [1.29, 1.82) is 0 Å². The number of para-hydroxylation sites is 1. The monoisotopic (exact) mass is 433 g/mol. The first-order valence-electron chi connectivity index (χ1n) is 10.5. The molecule has 1 amide bonds. The number of rotatable bonds is 5. The van der Waals surface area contributed by atoms with Crippen LogP contribution in [0.5, 0.6) is 5.75 Å². The number of hydrazine groups is 1. The van der Waals surface area contributed by atoms with Gasteiger partial charge in [0.1, 0.15) is 11.8 Å². The molecule has 0 bridgehead atoms. The van der Waals surface area contributed by atoms with Gasteiger partial charge in [-0.3, -0.25) is 4.79 Å². The van der Waals surface area contributed by atoms with Crippen molar-refractivity contribution >= 4 is 17.5 Å². The second kappa shape index (κ2) is 8.35. The smallest absolute Gasteiger partial charge is 0.242 e. The van der Waals surface area contributed by atoms with Gasteiger partial charge in [0, 0.05) is 23.0 Å². The highest BCUT2D eigenvalue weighted by atomic mass is 35.5. The van der Waals surface area contributed by atoms with E-state index in [4.69, 9.17) is 11.6 Å². The lowest BCUT2D eigenvalue weighted by Gasteiger charge is -2.31. The predicted octanol–water partition coefficient (Wildman–Crippen LogP) is 4.01. The summed E-state index contributed by atoms with van der Waals surface area (Å²) in [5.74, 6) is 0.203. The summed E-state index contributed by atoms with van der Waals surface area (Å²) in [5.41, 5.74) is 9.45. The van der Waals surface area contributed by atoms with Crippen LogP contribution in [0.2, 0.25) is 5.02 Å². The number of phenolic OH excluding ortho intramolecular Hbond substituents is 1. The summed E-state index contributed by atoms with van der Waals surface area (Å²) in [6, 6.07) is 24.5. The fourth-order valence-electron chi connectivity index (χ4n) is 4.95. The Hall–Kier alpha value is -2.86. The van der Waals surface area contributed by atoms with Gasteiger partial charge in [-0.1, -0.05) is 72.3 Å². The van der Waals surface area contributed by atoms with Gasteiger partial charge in [0.25, 0.3) is 0 Å². The summed E-state index contributed by atoms with van der Waals surface area (Å²) < 4.78 is 0. The average molecular weight is 434 g/mol. The molecule has 158 valence electrons. The molecule has 0 aliphatic carbocycles. The summed E-state index contributed by atoms with van der Waals surface area (Å²) in [5, 5.41) is 11.1. The Morgan fingerprint density at radius 1 is 0.903 bits per heavy atom. The molecule has 3 N–H and O–H groups in total. The van der Waals surface area contributed by atoms with Gasteiger partial charge in [0.2, 0.25) is 5.91 Å². The second-order valence-electron chi connectivity index (χ2n) is 8.15. The highest BCUT2D eigenvalue weighted by Crippen LogP contribution is 2.48. The minimum Gasteiger partial charge on any atom is -0.508 e. The van der Waals surface area contributed by atoms with Crippen LogP contribution in [0, 0.1) is 5.92 Å². The van der Waals surface area contributed by atoms with Crippen LogP contribution in [-0.4, -0.2) is 28.5 Å². The maximum atomic E-state index is 13.5. The highest BCUT2D eigenvalue weighted by Gasteiger charge is 2.55. The number of hydrogen-bond acceptors (Lipinski definition) is 4. The van der Waals surface area contributed by atoms with Crippen LogP contribution < -0.4 is 10.9 Å². The van der Waals surface area contributed by atoms with E-state index in [2.05, 4.69) is 23.0 Å². The molecule has 0 saturated carbocycles. The van der Waals surface area contributed by atoms with Crippen LogP contribution >= 0.6 is 11.6 Å². The number of hydrogen-bond donors (Lipinski definition) is 3. The summed E-state index contributed by atoms with van der Waals surface area (Å²) in [6.07, 6.45) is 0.776. The molecule has 2 aliphatic heterocycles. The van der Waals surface area contributed by atoms with E-state index in [1.165, 1.54) is 5.56 Å². The van der Waals surface area contributed by atoms with Crippen molar-refractivity contribution in [3.63, 3.8) is 0 Å². The Kier molecular flexibility index (Phi) is 5.40. The average Bonchev–Trinajstić information content (AvgIpc) is 3.32. The first kappa shape index (κ1) is 20.1. The number of nitrogens with zero attached hydrogens (tertiary/aromatic N) is 1. The van der Waals surface area contributed by atoms with Gasteiger partial charge < -0.3 is 10.0 Å². The van der Waals surface area contributed by atoms with E-state index in [9.17, 15) is 9.90 Å². The first-order valence-corrected chi connectivity index (χ1v) is 10.9. The summed E-state index contributed by atoms with van der Waals surface area (Å²) in [6.45, 7) is 0.613. The van der Waals surface area contributed by atoms with Crippen molar-refractivity contribution < 1.29 is 9.90 Å². The standard InChI is InChI=1S/C25H24ClN3O2/c26-18-10-6-9-17(15-18)24-21-22(19-11-4-5-12-20(19)30)27-28-23(21)25(31)29(24)14-13-16-7-2-1-3-8-16/h1-12,15,21-24,27-28,30H,13-14H2. The van der Waals surface area contributed by atoms with Gasteiger partial charge >= 0.3 is 0 Å². The number of phenols is 1. The third-order valence-electron chi connectivity index (χ3n) is 6.36. The molecule has 3 aromatic carbocycles. The number of carbonyl (C=O) groups excluding carboxylic acids is 1. The third kappa shape index (κ3) is 3.69. The number of carbonyl (C=O) groups is 1. The molecule has 0 aromatic heterocycles. The van der Waals surface area contributed by atoms with Gasteiger partial charge in [0.05, 0.1) is 12.1 Å². The number of benzene rings is 3. The molecule has 5 rings (SSSR count). The van der Waals surface area contributed by atoms with Crippen LogP contribution in [0.25, 0.3) is 0 Å². The van der Waals surface area contributed by atoms with Crippen LogP contribution in [-0.2, 0) is 11.2 Å². The van der Waals surface area contributed by atoms with Gasteiger partial charge in [-0.25, -0.2) is 10.9 Å². The molecule has 2 heterocycles. The van der Waals surface area contributed by atoms with Crippen molar-refractivity contribution in [2.45, 2.75) is 24.5 Å². The highest BCUT2D eigenvalue weighted by molar-refractivity contribution is 6.30. The first-order chi connectivity index (χ1) is 15.1. The lowest BCUT2D eigenvalue weighted by Crippen LogP contribution is -2.42.